The molecule has 6 nitrogen and oxygen atoms in total. The van der Waals surface area contributed by atoms with Gasteiger partial charge in [-0.2, -0.15) is 13.9 Å². The van der Waals surface area contributed by atoms with Gasteiger partial charge in [0.05, 0.1) is 12.8 Å². The fourth-order valence-corrected chi connectivity index (χ4v) is 2.35. The molecule has 0 bridgehead atoms. The van der Waals surface area contributed by atoms with E-state index in [4.69, 9.17) is 4.74 Å². The van der Waals surface area contributed by atoms with Gasteiger partial charge in [0.1, 0.15) is 0 Å². The molecule has 0 atom stereocenters. The molecule has 1 aromatic heterocycles. The second-order valence-corrected chi connectivity index (χ2v) is 5.20. The highest BCUT2D eigenvalue weighted by molar-refractivity contribution is 5.94. The summed E-state index contributed by atoms with van der Waals surface area (Å²) in [6, 6.07) is 4.04. The summed E-state index contributed by atoms with van der Waals surface area (Å²) in [5, 5.41) is 7.07. The number of aryl methyl sites for hydroxylation is 2. The normalized spacial score (nSPS) is 10.8. The Morgan fingerprint density at radius 1 is 1.33 bits per heavy atom. The molecule has 24 heavy (non-hydrogen) atoms. The standard InChI is InChI=1S/C16H19F2N3O3/c1-9-12(10(2)21(3)20-9)8-19-15(22)11-5-6-13(24-16(17)18)14(7-11)23-4/h5-7,16H,8H2,1-4H3,(H,19,22). The van der Waals surface area contributed by atoms with Crippen LogP contribution in [0.5, 0.6) is 11.5 Å². The molecule has 130 valence electrons. The number of amides is 1. The number of carbonyl (C=O) groups is 1. The molecule has 1 aromatic carbocycles. The van der Waals surface area contributed by atoms with E-state index in [9.17, 15) is 13.6 Å². The molecule has 0 radical (unpaired) electrons. The third-order valence-electron chi connectivity index (χ3n) is 3.73. The highest BCUT2D eigenvalue weighted by Gasteiger charge is 2.15. The maximum Gasteiger partial charge on any atom is 0.387 e. The van der Waals surface area contributed by atoms with Crippen molar-refractivity contribution >= 4 is 5.91 Å². The van der Waals surface area contributed by atoms with Gasteiger partial charge < -0.3 is 14.8 Å². The van der Waals surface area contributed by atoms with Crippen molar-refractivity contribution in [1.82, 2.24) is 15.1 Å². The predicted molar refractivity (Wildman–Crippen MR) is 83.5 cm³/mol. The lowest BCUT2D eigenvalue weighted by Crippen LogP contribution is -2.23. The number of halogens is 2. The predicted octanol–water partition coefficient (Wildman–Crippen LogP) is 2.58. The van der Waals surface area contributed by atoms with E-state index in [-0.39, 0.29) is 23.0 Å². The summed E-state index contributed by atoms with van der Waals surface area (Å²) in [6.07, 6.45) is 0. The molecule has 2 rings (SSSR count). The number of aromatic nitrogens is 2. The molecule has 8 heteroatoms. The third-order valence-corrected chi connectivity index (χ3v) is 3.73. The van der Waals surface area contributed by atoms with Gasteiger partial charge in [0, 0.05) is 30.4 Å². The number of hydrogen-bond acceptors (Lipinski definition) is 4. The lowest BCUT2D eigenvalue weighted by molar-refractivity contribution is -0.0512. The maximum atomic E-state index is 12.3. The first-order valence-electron chi connectivity index (χ1n) is 7.23. The molecule has 0 aliphatic carbocycles. The molecule has 2 aromatic rings. The van der Waals surface area contributed by atoms with Crippen LogP contribution in [0.25, 0.3) is 0 Å². The fraction of sp³-hybridized carbons (Fsp3) is 0.375. The van der Waals surface area contributed by atoms with E-state index in [1.54, 1.807) is 4.68 Å². The topological polar surface area (TPSA) is 65.4 Å². The number of ether oxygens (including phenoxy) is 2. The minimum absolute atomic E-state index is 0.0664. The molecular weight excluding hydrogens is 320 g/mol. The Bertz CT molecular complexity index is 744. The summed E-state index contributed by atoms with van der Waals surface area (Å²) < 4.78 is 35.7. The Balaban J connectivity index is 2.12. The van der Waals surface area contributed by atoms with Crippen LogP contribution < -0.4 is 14.8 Å². The van der Waals surface area contributed by atoms with Crippen LogP contribution in [-0.4, -0.2) is 29.4 Å². The SMILES string of the molecule is COc1cc(C(=O)NCc2c(C)nn(C)c2C)ccc1OC(F)F. The zero-order valence-electron chi connectivity index (χ0n) is 13.9. The molecule has 0 unspecified atom stereocenters. The Kier molecular flexibility index (Phi) is 5.38. The van der Waals surface area contributed by atoms with Crippen molar-refractivity contribution < 1.29 is 23.0 Å². The second kappa shape index (κ2) is 7.29. The number of methoxy groups -OCH3 is 1. The zero-order valence-corrected chi connectivity index (χ0v) is 13.9. The van der Waals surface area contributed by atoms with Crippen molar-refractivity contribution in [2.24, 2.45) is 7.05 Å². The first kappa shape index (κ1) is 17.7. The van der Waals surface area contributed by atoms with Gasteiger partial charge in [-0.05, 0) is 32.0 Å². The van der Waals surface area contributed by atoms with Gasteiger partial charge in [0.15, 0.2) is 11.5 Å². The van der Waals surface area contributed by atoms with E-state index in [2.05, 4.69) is 15.2 Å². The molecule has 0 saturated heterocycles. The van der Waals surface area contributed by atoms with E-state index >= 15 is 0 Å². The van der Waals surface area contributed by atoms with Crippen LogP contribution in [0.2, 0.25) is 0 Å². The van der Waals surface area contributed by atoms with Crippen LogP contribution in [0.4, 0.5) is 8.78 Å². The summed E-state index contributed by atoms with van der Waals surface area (Å²) in [5.41, 5.74) is 3.03. The monoisotopic (exact) mass is 339 g/mol. The summed E-state index contributed by atoms with van der Waals surface area (Å²) in [7, 11) is 3.15. The molecular formula is C16H19F2N3O3. The van der Waals surface area contributed by atoms with Crippen LogP contribution in [0.15, 0.2) is 18.2 Å². The van der Waals surface area contributed by atoms with Crippen molar-refractivity contribution in [2.45, 2.75) is 27.0 Å². The van der Waals surface area contributed by atoms with Crippen molar-refractivity contribution in [3.8, 4) is 11.5 Å². The van der Waals surface area contributed by atoms with E-state index in [1.165, 1.54) is 25.3 Å². The third kappa shape index (κ3) is 3.81. The van der Waals surface area contributed by atoms with Crippen LogP contribution in [0, 0.1) is 13.8 Å². The van der Waals surface area contributed by atoms with Crippen molar-refractivity contribution in [3.63, 3.8) is 0 Å². The van der Waals surface area contributed by atoms with Gasteiger partial charge in [-0.1, -0.05) is 0 Å². The second-order valence-electron chi connectivity index (χ2n) is 5.20. The number of nitrogens with zero attached hydrogens (tertiary/aromatic N) is 2. The van der Waals surface area contributed by atoms with E-state index < -0.39 is 6.61 Å². The van der Waals surface area contributed by atoms with Crippen LogP contribution in [-0.2, 0) is 13.6 Å². The van der Waals surface area contributed by atoms with Crippen molar-refractivity contribution in [2.75, 3.05) is 7.11 Å². The number of hydrogen-bond donors (Lipinski definition) is 1. The smallest absolute Gasteiger partial charge is 0.387 e. The van der Waals surface area contributed by atoms with Gasteiger partial charge >= 0.3 is 6.61 Å². The van der Waals surface area contributed by atoms with Gasteiger partial charge in [-0.15, -0.1) is 0 Å². The van der Waals surface area contributed by atoms with Crippen molar-refractivity contribution in [3.05, 3.63) is 40.7 Å². The number of benzene rings is 1. The average molecular weight is 339 g/mol. The van der Waals surface area contributed by atoms with Gasteiger partial charge in [0.25, 0.3) is 5.91 Å². The minimum Gasteiger partial charge on any atom is -0.493 e. The summed E-state index contributed by atoms with van der Waals surface area (Å²) in [4.78, 5) is 12.3. The molecule has 0 aliphatic heterocycles. The van der Waals surface area contributed by atoms with E-state index in [1.807, 2.05) is 20.9 Å². The molecule has 0 spiro atoms. The molecule has 0 aliphatic rings. The molecule has 0 saturated carbocycles. The summed E-state index contributed by atoms with van der Waals surface area (Å²) in [5.74, 6) is -0.403. The largest absolute Gasteiger partial charge is 0.493 e. The summed E-state index contributed by atoms with van der Waals surface area (Å²) in [6.45, 7) is 1.15. The van der Waals surface area contributed by atoms with Gasteiger partial charge in [-0.3, -0.25) is 9.48 Å². The first-order valence-corrected chi connectivity index (χ1v) is 7.23. The molecule has 0 fully saturated rings. The van der Waals surface area contributed by atoms with E-state index in [0.717, 1.165) is 17.0 Å². The van der Waals surface area contributed by atoms with E-state index in [0.29, 0.717) is 6.54 Å². The lowest BCUT2D eigenvalue weighted by Gasteiger charge is -2.11. The average Bonchev–Trinajstić information content (AvgIpc) is 2.77. The molecule has 1 amide bonds. The highest BCUT2D eigenvalue weighted by Crippen LogP contribution is 2.29. The van der Waals surface area contributed by atoms with Crippen LogP contribution in [0.3, 0.4) is 0 Å². The number of alkyl halides is 2. The zero-order chi connectivity index (χ0) is 17.9. The summed E-state index contributed by atoms with van der Waals surface area (Å²) >= 11 is 0. The van der Waals surface area contributed by atoms with Crippen LogP contribution in [0.1, 0.15) is 27.3 Å². The van der Waals surface area contributed by atoms with Crippen molar-refractivity contribution in [1.29, 1.82) is 0 Å². The minimum atomic E-state index is -2.96. The molecule has 1 N–H and O–H groups in total. The lowest BCUT2D eigenvalue weighted by atomic mass is 10.1. The van der Waals surface area contributed by atoms with Gasteiger partial charge in [0.2, 0.25) is 0 Å². The first-order chi connectivity index (χ1) is 11.3. The number of nitrogens with one attached hydrogen (secondary N) is 1. The maximum absolute atomic E-state index is 12.3. The fourth-order valence-electron chi connectivity index (χ4n) is 2.35. The quantitative estimate of drug-likeness (QED) is 0.878. The Morgan fingerprint density at radius 3 is 2.58 bits per heavy atom. The number of rotatable bonds is 6. The Labute approximate surface area is 138 Å². The van der Waals surface area contributed by atoms with Gasteiger partial charge in [-0.25, -0.2) is 0 Å². The van der Waals surface area contributed by atoms with Crippen LogP contribution >= 0.6 is 0 Å². The highest BCUT2D eigenvalue weighted by atomic mass is 19.3. The Hall–Kier alpha value is -2.64. The number of carbonyl (C=O) groups excluding carboxylic acids is 1. The molecule has 1 heterocycles. The Morgan fingerprint density at radius 2 is 2.04 bits per heavy atom.